The van der Waals surface area contributed by atoms with E-state index in [1.54, 1.807) is 28.6 Å². The third-order valence-electron chi connectivity index (χ3n) is 4.78. The summed E-state index contributed by atoms with van der Waals surface area (Å²) in [4.78, 5) is 17.1. The molecule has 0 bridgehead atoms. The summed E-state index contributed by atoms with van der Waals surface area (Å²) in [5.74, 6) is -0.165. The Labute approximate surface area is 156 Å². The third-order valence-corrected chi connectivity index (χ3v) is 4.78. The lowest BCUT2D eigenvalue weighted by Gasteiger charge is -2.16. The van der Waals surface area contributed by atoms with Crippen molar-refractivity contribution in [1.82, 2.24) is 24.6 Å². The maximum absolute atomic E-state index is 13.4. The van der Waals surface area contributed by atoms with E-state index < -0.39 is 0 Å². The third kappa shape index (κ3) is 3.17. The quantitative estimate of drug-likeness (QED) is 0.728. The van der Waals surface area contributed by atoms with Gasteiger partial charge in [0.2, 0.25) is 11.9 Å². The lowest BCUT2D eigenvalue weighted by Crippen LogP contribution is -2.29. The largest absolute Gasteiger partial charge is 0.315 e. The number of fused-ring (bicyclic) bond motifs is 1. The number of anilines is 1. The van der Waals surface area contributed by atoms with Crippen molar-refractivity contribution in [2.75, 3.05) is 18.4 Å². The van der Waals surface area contributed by atoms with Gasteiger partial charge in [0.05, 0.1) is 23.1 Å². The van der Waals surface area contributed by atoms with Crippen molar-refractivity contribution in [2.45, 2.75) is 5.92 Å². The molecule has 1 aliphatic heterocycles. The maximum atomic E-state index is 13.4. The van der Waals surface area contributed by atoms with E-state index in [9.17, 15) is 9.18 Å². The number of benzene rings is 1. The molecule has 138 valence electrons. The smallest absolute Gasteiger partial charge is 0.231 e. The molecule has 0 radical (unpaired) electrons. The van der Waals surface area contributed by atoms with Gasteiger partial charge in [-0.1, -0.05) is 0 Å². The van der Waals surface area contributed by atoms with Crippen LogP contribution >= 0.6 is 12.4 Å². The number of nitrogens with zero attached hydrogens (tertiary/aromatic N) is 4. The zero-order valence-corrected chi connectivity index (χ0v) is 15.3. The van der Waals surface area contributed by atoms with Gasteiger partial charge in [-0.2, -0.15) is 5.10 Å². The predicted molar refractivity (Wildman–Crippen MR) is 98.9 cm³/mol. The van der Waals surface area contributed by atoms with Crippen LogP contribution in [-0.2, 0) is 18.9 Å². The fourth-order valence-electron chi connectivity index (χ4n) is 3.42. The van der Waals surface area contributed by atoms with Gasteiger partial charge >= 0.3 is 0 Å². The monoisotopic (exact) mass is 378 g/mol. The average Bonchev–Trinajstić information content (AvgIpc) is 3.27. The van der Waals surface area contributed by atoms with Crippen LogP contribution in [-0.4, -0.2) is 38.3 Å². The Bertz CT molecular complexity index is 952. The Morgan fingerprint density at radius 2 is 2.15 bits per heavy atom. The molecular weight excluding hydrogens is 359 g/mol. The van der Waals surface area contributed by atoms with E-state index in [-0.39, 0.29) is 36.0 Å². The Hall–Kier alpha value is -2.45. The number of hydrogen-bond acceptors (Lipinski definition) is 4. The minimum Gasteiger partial charge on any atom is -0.315 e. The summed E-state index contributed by atoms with van der Waals surface area (Å²) in [6.07, 6.45) is 3.74. The van der Waals surface area contributed by atoms with Crippen LogP contribution in [0.3, 0.4) is 0 Å². The van der Waals surface area contributed by atoms with Crippen LogP contribution in [0.15, 0.2) is 30.6 Å². The maximum Gasteiger partial charge on any atom is 0.231 e. The summed E-state index contributed by atoms with van der Waals surface area (Å²) >= 11 is 0. The van der Waals surface area contributed by atoms with Gasteiger partial charge in [0.15, 0.2) is 0 Å². The van der Waals surface area contributed by atoms with Crippen LogP contribution in [0.25, 0.3) is 11.0 Å². The Morgan fingerprint density at radius 3 is 2.88 bits per heavy atom. The number of rotatable bonds is 3. The topological polar surface area (TPSA) is 76.8 Å². The molecular formula is C17H20ClFN6O. The molecule has 0 spiro atoms. The molecule has 2 N–H and O–H groups in total. The number of hydrogen-bond donors (Lipinski definition) is 2. The van der Waals surface area contributed by atoms with Crippen LogP contribution in [0.1, 0.15) is 11.5 Å². The highest BCUT2D eigenvalue weighted by Crippen LogP contribution is 2.29. The molecule has 3 heterocycles. The molecule has 0 saturated carbocycles. The first-order valence-corrected chi connectivity index (χ1v) is 8.15. The molecule has 26 heavy (non-hydrogen) atoms. The SMILES string of the molecule is Cl.Cn1cc([C@H]2CNC[C@@H]2C(=O)Nc2nc3cc(F)ccc3n2C)cn1. The normalized spacial score (nSPS) is 19.5. The zero-order valence-electron chi connectivity index (χ0n) is 14.4. The minimum absolute atomic E-state index is 0. The lowest BCUT2D eigenvalue weighted by atomic mass is 9.90. The van der Waals surface area contributed by atoms with E-state index in [1.807, 2.05) is 13.2 Å². The average molecular weight is 379 g/mol. The Morgan fingerprint density at radius 1 is 1.35 bits per heavy atom. The van der Waals surface area contributed by atoms with Crippen LogP contribution < -0.4 is 10.6 Å². The standard InChI is InChI=1S/C17H19FN6O.ClH/c1-23-9-10(6-20-23)12-7-19-8-13(12)16(25)22-17-21-14-5-11(18)3-4-15(14)24(17)2;/h3-6,9,12-13,19H,7-8H2,1-2H3,(H,21,22,25);1H/t12-,13+;/m1./s1. The van der Waals surface area contributed by atoms with Crippen molar-refractivity contribution in [1.29, 1.82) is 0 Å². The first-order valence-electron chi connectivity index (χ1n) is 8.15. The van der Waals surface area contributed by atoms with Gasteiger partial charge in [0.25, 0.3) is 0 Å². The molecule has 3 aromatic rings. The van der Waals surface area contributed by atoms with Gasteiger partial charge < -0.3 is 9.88 Å². The number of imidazole rings is 1. The first-order chi connectivity index (χ1) is 12.0. The van der Waals surface area contributed by atoms with Gasteiger partial charge in [-0.3, -0.25) is 14.8 Å². The second-order valence-electron chi connectivity index (χ2n) is 6.44. The molecule has 0 aliphatic carbocycles. The number of aryl methyl sites for hydroxylation is 2. The van der Waals surface area contributed by atoms with Crippen molar-refractivity contribution < 1.29 is 9.18 Å². The van der Waals surface area contributed by atoms with E-state index >= 15 is 0 Å². The summed E-state index contributed by atoms with van der Waals surface area (Å²) < 4.78 is 16.9. The number of carbonyl (C=O) groups excluding carboxylic acids is 1. The number of carbonyl (C=O) groups is 1. The van der Waals surface area contributed by atoms with Crippen molar-refractivity contribution >= 4 is 35.3 Å². The minimum atomic E-state index is -0.347. The second-order valence-corrected chi connectivity index (χ2v) is 6.44. The van der Waals surface area contributed by atoms with Gasteiger partial charge in [0, 0.05) is 45.4 Å². The van der Waals surface area contributed by atoms with Crippen molar-refractivity contribution in [3.63, 3.8) is 0 Å². The molecule has 7 nitrogen and oxygen atoms in total. The van der Waals surface area contributed by atoms with Crippen LogP contribution in [0.2, 0.25) is 0 Å². The molecule has 1 amide bonds. The molecule has 1 aliphatic rings. The lowest BCUT2D eigenvalue weighted by molar-refractivity contribution is -0.119. The first kappa shape index (κ1) is 18.3. The molecule has 2 atom stereocenters. The van der Waals surface area contributed by atoms with E-state index in [4.69, 9.17) is 0 Å². The van der Waals surface area contributed by atoms with Crippen LogP contribution in [0.4, 0.5) is 10.3 Å². The van der Waals surface area contributed by atoms with E-state index in [0.29, 0.717) is 18.0 Å². The van der Waals surface area contributed by atoms with Crippen molar-refractivity contribution in [2.24, 2.45) is 20.0 Å². The Kier molecular flexibility index (Phi) is 4.97. The van der Waals surface area contributed by atoms with Crippen LogP contribution in [0, 0.1) is 11.7 Å². The Balaban J connectivity index is 0.00000196. The highest BCUT2D eigenvalue weighted by molar-refractivity contribution is 5.94. The number of amides is 1. The summed E-state index contributed by atoms with van der Waals surface area (Å²) in [6.45, 7) is 1.33. The van der Waals surface area contributed by atoms with Crippen LogP contribution in [0.5, 0.6) is 0 Å². The number of halogens is 2. The molecule has 1 saturated heterocycles. The fourth-order valence-corrected chi connectivity index (χ4v) is 3.42. The van der Waals surface area contributed by atoms with E-state index in [1.165, 1.54) is 12.1 Å². The summed E-state index contributed by atoms with van der Waals surface area (Å²) in [5, 5.41) is 10.4. The number of nitrogens with one attached hydrogen (secondary N) is 2. The molecule has 0 unspecified atom stereocenters. The number of aromatic nitrogens is 4. The molecule has 1 fully saturated rings. The summed E-state index contributed by atoms with van der Waals surface area (Å²) in [5.41, 5.74) is 2.33. The predicted octanol–water partition coefficient (Wildman–Crippen LogP) is 1.81. The van der Waals surface area contributed by atoms with Gasteiger partial charge in [-0.25, -0.2) is 9.37 Å². The second kappa shape index (κ2) is 7.05. The van der Waals surface area contributed by atoms with E-state index in [2.05, 4.69) is 20.7 Å². The van der Waals surface area contributed by atoms with Gasteiger partial charge in [-0.15, -0.1) is 12.4 Å². The summed E-state index contributed by atoms with van der Waals surface area (Å²) in [6, 6.07) is 4.40. The van der Waals surface area contributed by atoms with Gasteiger partial charge in [0.1, 0.15) is 5.82 Å². The fraction of sp³-hybridized carbons (Fsp3) is 0.353. The highest BCUT2D eigenvalue weighted by atomic mass is 35.5. The van der Waals surface area contributed by atoms with E-state index in [0.717, 1.165) is 17.6 Å². The summed E-state index contributed by atoms with van der Waals surface area (Å²) in [7, 11) is 3.66. The molecule has 4 rings (SSSR count). The molecule has 2 aromatic heterocycles. The van der Waals surface area contributed by atoms with Crippen molar-refractivity contribution in [3.05, 3.63) is 42.0 Å². The molecule has 1 aromatic carbocycles. The zero-order chi connectivity index (χ0) is 17.6. The molecule has 9 heteroatoms. The van der Waals surface area contributed by atoms with Gasteiger partial charge in [-0.05, 0) is 17.7 Å². The highest BCUT2D eigenvalue weighted by Gasteiger charge is 2.35. The van der Waals surface area contributed by atoms with Crippen molar-refractivity contribution in [3.8, 4) is 0 Å².